The molecule has 4 aromatic carbocycles. The molecule has 5 heteroatoms. The third-order valence-electron chi connectivity index (χ3n) is 5.78. The van der Waals surface area contributed by atoms with Crippen LogP contribution in [0.4, 0.5) is 0 Å². The summed E-state index contributed by atoms with van der Waals surface area (Å²) in [7, 11) is -4.00. The highest BCUT2D eigenvalue weighted by atomic mass is 32.2. The number of aryl methyl sites for hydroxylation is 1. The Hall–Kier alpha value is -3.67. The summed E-state index contributed by atoms with van der Waals surface area (Å²) in [6, 6.07) is 35.6. The zero-order valence-corrected chi connectivity index (χ0v) is 18.9. The first-order valence-corrected chi connectivity index (χ1v) is 12.2. The molecule has 4 nitrogen and oxygen atoms in total. The minimum absolute atomic E-state index is 0.173. The summed E-state index contributed by atoms with van der Waals surface area (Å²) in [4.78, 5) is 6.66. The SMILES string of the molecule is Cc1ccc(S(=O)(=O)N2OC(c3ccccc3)(c3ccccc3)C=C2c2ccccc2)cc1. The molecule has 0 saturated carbocycles. The van der Waals surface area contributed by atoms with Gasteiger partial charge in [-0.1, -0.05) is 109 Å². The second-order valence-corrected chi connectivity index (χ2v) is 9.75. The molecule has 0 fully saturated rings. The van der Waals surface area contributed by atoms with E-state index in [0.717, 1.165) is 26.7 Å². The van der Waals surface area contributed by atoms with Crippen LogP contribution in [0.15, 0.2) is 126 Å². The van der Waals surface area contributed by atoms with Gasteiger partial charge in [-0.2, -0.15) is 8.42 Å². The lowest BCUT2D eigenvalue weighted by Gasteiger charge is -2.30. The Labute approximate surface area is 194 Å². The van der Waals surface area contributed by atoms with E-state index in [1.165, 1.54) is 0 Å². The number of nitrogens with zero attached hydrogens (tertiary/aromatic N) is 1. The Morgan fingerprint density at radius 2 is 1.15 bits per heavy atom. The molecule has 0 unspecified atom stereocenters. The minimum atomic E-state index is -4.00. The maximum atomic E-state index is 13.8. The van der Waals surface area contributed by atoms with E-state index in [4.69, 9.17) is 4.84 Å². The van der Waals surface area contributed by atoms with E-state index < -0.39 is 15.6 Å². The van der Waals surface area contributed by atoms with E-state index in [2.05, 4.69) is 0 Å². The van der Waals surface area contributed by atoms with Gasteiger partial charge in [0.05, 0.1) is 10.6 Å². The smallest absolute Gasteiger partial charge is 0.238 e. The molecular formula is C28H23NO3S. The van der Waals surface area contributed by atoms with Crippen LogP contribution in [0.25, 0.3) is 5.70 Å². The maximum Gasteiger partial charge on any atom is 0.286 e. The molecule has 0 spiro atoms. The second-order valence-electron chi connectivity index (χ2n) is 8.00. The number of hydroxylamine groups is 1. The molecule has 1 heterocycles. The molecule has 0 amide bonds. The van der Waals surface area contributed by atoms with Gasteiger partial charge >= 0.3 is 0 Å². The van der Waals surface area contributed by atoms with Crippen molar-refractivity contribution in [2.45, 2.75) is 17.4 Å². The van der Waals surface area contributed by atoms with Crippen LogP contribution in [0.5, 0.6) is 0 Å². The van der Waals surface area contributed by atoms with Crippen LogP contribution in [-0.2, 0) is 20.5 Å². The van der Waals surface area contributed by atoms with Crippen LogP contribution in [-0.4, -0.2) is 12.9 Å². The summed E-state index contributed by atoms with van der Waals surface area (Å²) >= 11 is 0. The molecule has 164 valence electrons. The van der Waals surface area contributed by atoms with Crippen molar-refractivity contribution in [2.75, 3.05) is 0 Å². The predicted molar refractivity (Wildman–Crippen MR) is 129 cm³/mol. The molecular weight excluding hydrogens is 430 g/mol. The molecule has 33 heavy (non-hydrogen) atoms. The van der Waals surface area contributed by atoms with Gasteiger partial charge in [0.2, 0.25) is 0 Å². The molecule has 5 rings (SSSR count). The standard InChI is InChI=1S/C28H23NO3S/c1-22-17-19-26(20-18-22)33(30,31)29-27(23-11-5-2-6-12-23)21-28(32-29,24-13-7-3-8-14-24)25-15-9-4-10-16-25/h2-21H,1H3. The Bertz CT molecular complexity index is 1340. The summed E-state index contributed by atoms with van der Waals surface area (Å²) in [5, 5.41) is 0. The van der Waals surface area contributed by atoms with Crippen molar-refractivity contribution < 1.29 is 13.3 Å². The number of hydrogen-bond donors (Lipinski definition) is 0. The van der Waals surface area contributed by atoms with Crippen molar-refractivity contribution >= 4 is 15.7 Å². The fraction of sp³-hybridized carbons (Fsp3) is 0.0714. The summed E-state index contributed by atoms with van der Waals surface area (Å²) < 4.78 is 28.8. The van der Waals surface area contributed by atoms with Gasteiger partial charge in [-0.25, -0.2) is 4.84 Å². The van der Waals surface area contributed by atoms with Gasteiger partial charge in [-0.3, -0.25) is 0 Å². The van der Waals surface area contributed by atoms with Gasteiger partial charge in [-0.05, 0) is 36.3 Å². The predicted octanol–water partition coefficient (Wildman–Crippen LogP) is 5.92. The van der Waals surface area contributed by atoms with E-state index >= 15 is 0 Å². The van der Waals surface area contributed by atoms with Gasteiger partial charge < -0.3 is 0 Å². The molecule has 0 saturated heterocycles. The van der Waals surface area contributed by atoms with Crippen molar-refractivity contribution in [1.29, 1.82) is 0 Å². The monoisotopic (exact) mass is 453 g/mol. The van der Waals surface area contributed by atoms with Gasteiger partial charge in [0.25, 0.3) is 10.0 Å². The molecule has 0 atom stereocenters. The Balaban J connectivity index is 1.75. The summed E-state index contributed by atoms with van der Waals surface area (Å²) in [5.41, 5.74) is 2.78. The average Bonchev–Trinajstić information content (AvgIpc) is 3.29. The van der Waals surface area contributed by atoms with Crippen LogP contribution >= 0.6 is 0 Å². The van der Waals surface area contributed by atoms with E-state index in [0.29, 0.717) is 5.70 Å². The topological polar surface area (TPSA) is 46.6 Å². The zero-order valence-electron chi connectivity index (χ0n) is 18.1. The Morgan fingerprint density at radius 3 is 1.67 bits per heavy atom. The summed E-state index contributed by atoms with van der Waals surface area (Å²) in [5.74, 6) is 0. The van der Waals surface area contributed by atoms with Crippen molar-refractivity contribution in [3.05, 3.63) is 144 Å². The Morgan fingerprint density at radius 1 is 0.667 bits per heavy atom. The van der Waals surface area contributed by atoms with Gasteiger partial charge in [0, 0.05) is 5.56 Å². The second kappa shape index (κ2) is 8.35. The van der Waals surface area contributed by atoms with Crippen LogP contribution in [0, 0.1) is 6.92 Å². The molecule has 4 aromatic rings. The third kappa shape index (κ3) is 3.75. The molecule has 0 N–H and O–H groups in total. The number of hydrogen-bond acceptors (Lipinski definition) is 3. The van der Waals surface area contributed by atoms with Crippen LogP contribution in [0.2, 0.25) is 0 Å². The lowest BCUT2D eigenvalue weighted by Crippen LogP contribution is -2.34. The molecule has 0 aromatic heterocycles. The first kappa shape index (κ1) is 21.2. The first-order valence-electron chi connectivity index (χ1n) is 10.7. The fourth-order valence-corrected chi connectivity index (χ4v) is 5.35. The van der Waals surface area contributed by atoms with Crippen molar-refractivity contribution in [1.82, 2.24) is 4.47 Å². The highest BCUT2D eigenvalue weighted by Gasteiger charge is 2.47. The number of sulfonamides is 1. The number of rotatable bonds is 5. The lowest BCUT2D eigenvalue weighted by molar-refractivity contribution is -0.102. The van der Waals surface area contributed by atoms with Crippen molar-refractivity contribution in [3.8, 4) is 0 Å². The molecule has 1 aliphatic heterocycles. The van der Waals surface area contributed by atoms with Crippen LogP contribution in [0.3, 0.4) is 0 Å². The zero-order chi connectivity index (χ0) is 22.9. The van der Waals surface area contributed by atoms with Crippen molar-refractivity contribution in [3.63, 3.8) is 0 Å². The van der Waals surface area contributed by atoms with Crippen LogP contribution in [0.1, 0.15) is 22.3 Å². The van der Waals surface area contributed by atoms with E-state index in [1.807, 2.05) is 104 Å². The molecule has 0 bridgehead atoms. The van der Waals surface area contributed by atoms with E-state index in [-0.39, 0.29) is 4.90 Å². The van der Waals surface area contributed by atoms with Gasteiger partial charge in [0.1, 0.15) is 0 Å². The van der Waals surface area contributed by atoms with E-state index in [1.54, 1.807) is 24.3 Å². The summed E-state index contributed by atoms with van der Waals surface area (Å²) in [6.45, 7) is 1.92. The van der Waals surface area contributed by atoms with Crippen LogP contribution < -0.4 is 0 Å². The third-order valence-corrected chi connectivity index (χ3v) is 7.35. The average molecular weight is 454 g/mol. The minimum Gasteiger partial charge on any atom is -0.238 e. The largest absolute Gasteiger partial charge is 0.286 e. The summed E-state index contributed by atoms with van der Waals surface area (Å²) in [6.07, 6.45) is 1.90. The first-order chi connectivity index (χ1) is 16.0. The fourth-order valence-electron chi connectivity index (χ4n) is 4.04. The molecule has 0 radical (unpaired) electrons. The quantitative estimate of drug-likeness (QED) is 0.377. The molecule has 1 aliphatic rings. The Kier molecular flexibility index (Phi) is 5.36. The van der Waals surface area contributed by atoms with Gasteiger partial charge in [0.15, 0.2) is 5.60 Å². The normalized spacial score (nSPS) is 15.3. The highest BCUT2D eigenvalue weighted by molar-refractivity contribution is 7.89. The lowest BCUT2D eigenvalue weighted by atomic mass is 9.85. The molecule has 0 aliphatic carbocycles. The van der Waals surface area contributed by atoms with E-state index in [9.17, 15) is 8.42 Å². The maximum absolute atomic E-state index is 13.8. The van der Waals surface area contributed by atoms with Gasteiger partial charge in [-0.15, -0.1) is 4.47 Å². The number of benzene rings is 4. The highest BCUT2D eigenvalue weighted by Crippen LogP contribution is 2.47. The van der Waals surface area contributed by atoms with Crippen molar-refractivity contribution in [2.24, 2.45) is 0 Å².